The van der Waals surface area contributed by atoms with E-state index in [0.29, 0.717) is 23.3 Å². The van der Waals surface area contributed by atoms with Crippen LogP contribution in [0.2, 0.25) is 0 Å². The Bertz CT molecular complexity index is 724. The molecule has 1 N–H and O–H groups in total. The maximum Gasteiger partial charge on any atom is 0.298 e. The Morgan fingerprint density at radius 2 is 1.90 bits per heavy atom. The minimum Gasteiger partial charge on any atom is -0.373 e. The predicted octanol–water partition coefficient (Wildman–Crippen LogP) is 3.36. The van der Waals surface area contributed by atoms with Gasteiger partial charge >= 0.3 is 0 Å². The molecule has 0 fully saturated rings. The van der Waals surface area contributed by atoms with E-state index in [2.05, 4.69) is 5.32 Å². The average molecular weight is 289 g/mol. The Balaban J connectivity index is 2.23. The van der Waals surface area contributed by atoms with Crippen LogP contribution in [0.5, 0.6) is 0 Å². The summed E-state index contributed by atoms with van der Waals surface area (Å²) < 4.78 is 26.7. The molecule has 0 spiro atoms. The van der Waals surface area contributed by atoms with Crippen LogP contribution in [0.4, 0.5) is 20.2 Å². The highest BCUT2D eigenvalue weighted by molar-refractivity contribution is 5.62. The molecule has 2 aromatic carbocycles. The van der Waals surface area contributed by atoms with Crippen molar-refractivity contribution in [2.75, 3.05) is 5.32 Å². The molecule has 0 saturated carbocycles. The van der Waals surface area contributed by atoms with E-state index in [1.807, 2.05) is 6.07 Å². The Morgan fingerprint density at radius 3 is 2.48 bits per heavy atom. The van der Waals surface area contributed by atoms with Gasteiger partial charge in [0, 0.05) is 12.6 Å². The highest BCUT2D eigenvalue weighted by Gasteiger charge is 2.20. The molecular formula is C14H9F2N3O2. The fourth-order valence-corrected chi connectivity index (χ4v) is 1.77. The van der Waals surface area contributed by atoms with Gasteiger partial charge in [0.25, 0.3) is 5.69 Å². The van der Waals surface area contributed by atoms with Gasteiger partial charge in [-0.15, -0.1) is 0 Å². The van der Waals surface area contributed by atoms with Gasteiger partial charge in [0.05, 0.1) is 22.6 Å². The third-order valence-corrected chi connectivity index (χ3v) is 2.78. The standard InChI is InChI=1S/C14H9F2N3O2/c15-11-5-12(16)14(13(6-11)19(20)21)18-8-10-3-1-9(7-17)2-4-10/h1-6,18H,8H2. The number of nitrogens with zero attached hydrogens (tertiary/aromatic N) is 2. The van der Waals surface area contributed by atoms with Crippen LogP contribution in [0.3, 0.4) is 0 Å². The zero-order valence-corrected chi connectivity index (χ0v) is 10.6. The molecule has 0 radical (unpaired) electrons. The summed E-state index contributed by atoms with van der Waals surface area (Å²) in [6.45, 7) is 0.106. The van der Waals surface area contributed by atoms with Crippen molar-refractivity contribution < 1.29 is 13.7 Å². The molecule has 5 nitrogen and oxygen atoms in total. The number of anilines is 1. The van der Waals surface area contributed by atoms with E-state index in [1.54, 1.807) is 24.3 Å². The maximum atomic E-state index is 13.6. The van der Waals surface area contributed by atoms with E-state index in [4.69, 9.17) is 5.26 Å². The van der Waals surface area contributed by atoms with E-state index in [0.717, 1.165) is 0 Å². The first-order chi connectivity index (χ1) is 10.0. The zero-order chi connectivity index (χ0) is 15.4. The lowest BCUT2D eigenvalue weighted by Crippen LogP contribution is -2.05. The number of rotatable bonds is 4. The van der Waals surface area contributed by atoms with E-state index in [1.165, 1.54) is 0 Å². The van der Waals surface area contributed by atoms with E-state index < -0.39 is 22.2 Å². The van der Waals surface area contributed by atoms with Crippen molar-refractivity contribution in [3.05, 3.63) is 69.3 Å². The lowest BCUT2D eigenvalue weighted by molar-refractivity contribution is -0.384. The first-order valence-electron chi connectivity index (χ1n) is 5.87. The molecule has 0 saturated heterocycles. The molecule has 0 aromatic heterocycles. The lowest BCUT2D eigenvalue weighted by atomic mass is 10.1. The van der Waals surface area contributed by atoms with Gasteiger partial charge in [-0.25, -0.2) is 8.78 Å². The van der Waals surface area contributed by atoms with Gasteiger partial charge in [0.1, 0.15) is 11.5 Å². The number of benzene rings is 2. The fourth-order valence-electron chi connectivity index (χ4n) is 1.77. The van der Waals surface area contributed by atoms with Crippen molar-refractivity contribution in [2.24, 2.45) is 0 Å². The molecule has 106 valence electrons. The molecule has 0 aliphatic carbocycles. The molecule has 2 aromatic rings. The summed E-state index contributed by atoms with van der Waals surface area (Å²) in [5, 5.41) is 22.1. The molecular weight excluding hydrogens is 280 g/mol. The third-order valence-electron chi connectivity index (χ3n) is 2.78. The quantitative estimate of drug-likeness (QED) is 0.691. The number of nitrogens with one attached hydrogen (secondary N) is 1. The van der Waals surface area contributed by atoms with Crippen LogP contribution in [0.1, 0.15) is 11.1 Å². The van der Waals surface area contributed by atoms with Crippen molar-refractivity contribution in [1.29, 1.82) is 5.26 Å². The summed E-state index contributed by atoms with van der Waals surface area (Å²) in [6.07, 6.45) is 0. The maximum absolute atomic E-state index is 13.6. The molecule has 0 aliphatic heterocycles. The molecule has 21 heavy (non-hydrogen) atoms. The highest BCUT2D eigenvalue weighted by Crippen LogP contribution is 2.29. The Labute approximate surface area is 118 Å². The smallest absolute Gasteiger partial charge is 0.298 e. The van der Waals surface area contributed by atoms with Crippen molar-refractivity contribution in [3.8, 4) is 6.07 Å². The number of hydrogen-bond acceptors (Lipinski definition) is 4. The Morgan fingerprint density at radius 1 is 1.24 bits per heavy atom. The van der Waals surface area contributed by atoms with Gasteiger partial charge in [-0.05, 0) is 17.7 Å². The van der Waals surface area contributed by atoms with Gasteiger partial charge in [0.2, 0.25) is 0 Å². The van der Waals surface area contributed by atoms with Crippen molar-refractivity contribution in [3.63, 3.8) is 0 Å². The third kappa shape index (κ3) is 3.30. The summed E-state index contributed by atoms with van der Waals surface area (Å²) in [4.78, 5) is 9.96. The second kappa shape index (κ2) is 5.96. The second-order valence-corrected chi connectivity index (χ2v) is 4.20. The zero-order valence-electron chi connectivity index (χ0n) is 10.6. The summed E-state index contributed by atoms with van der Waals surface area (Å²) in [5.74, 6) is -2.04. The van der Waals surface area contributed by atoms with E-state index in [9.17, 15) is 18.9 Å². The average Bonchev–Trinajstić information content (AvgIpc) is 2.46. The van der Waals surface area contributed by atoms with Gasteiger partial charge in [-0.3, -0.25) is 10.1 Å². The van der Waals surface area contributed by atoms with E-state index >= 15 is 0 Å². The highest BCUT2D eigenvalue weighted by atomic mass is 19.1. The van der Waals surface area contributed by atoms with E-state index in [-0.39, 0.29) is 12.2 Å². The Hall–Kier alpha value is -3.01. The minimum atomic E-state index is -1.03. The molecule has 0 bridgehead atoms. The minimum absolute atomic E-state index is 0.106. The van der Waals surface area contributed by atoms with Crippen LogP contribution in [0.25, 0.3) is 0 Å². The summed E-state index contributed by atoms with van der Waals surface area (Å²) in [5.41, 5.74) is 0.136. The molecule has 2 rings (SSSR count). The predicted molar refractivity (Wildman–Crippen MR) is 71.5 cm³/mol. The van der Waals surface area contributed by atoms with Crippen LogP contribution >= 0.6 is 0 Å². The van der Waals surface area contributed by atoms with Crippen LogP contribution < -0.4 is 5.32 Å². The molecule has 0 amide bonds. The topological polar surface area (TPSA) is 79.0 Å². The van der Waals surface area contributed by atoms with Crippen LogP contribution in [-0.2, 0) is 6.54 Å². The van der Waals surface area contributed by atoms with Crippen molar-refractivity contribution >= 4 is 11.4 Å². The summed E-state index contributed by atoms with van der Waals surface area (Å²) in [7, 11) is 0. The second-order valence-electron chi connectivity index (χ2n) is 4.20. The number of hydrogen-bond donors (Lipinski definition) is 1. The SMILES string of the molecule is N#Cc1ccc(CNc2c(F)cc(F)cc2[N+](=O)[O-])cc1. The lowest BCUT2D eigenvalue weighted by Gasteiger charge is -2.08. The first-order valence-corrected chi connectivity index (χ1v) is 5.87. The van der Waals surface area contributed by atoms with Crippen molar-refractivity contribution in [2.45, 2.75) is 6.54 Å². The molecule has 0 aliphatic rings. The fraction of sp³-hybridized carbons (Fsp3) is 0.0714. The largest absolute Gasteiger partial charge is 0.373 e. The van der Waals surface area contributed by atoms with Gasteiger partial charge < -0.3 is 5.32 Å². The summed E-state index contributed by atoms with van der Waals surface area (Å²) >= 11 is 0. The van der Waals surface area contributed by atoms with Gasteiger partial charge in [-0.1, -0.05) is 12.1 Å². The van der Waals surface area contributed by atoms with Gasteiger partial charge in [0.15, 0.2) is 5.82 Å². The molecule has 0 heterocycles. The monoisotopic (exact) mass is 289 g/mol. The molecule has 7 heteroatoms. The van der Waals surface area contributed by atoms with Crippen LogP contribution in [0.15, 0.2) is 36.4 Å². The van der Waals surface area contributed by atoms with Crippen molar-refractivity contribution in [1.82, 2.24) is 0 Å². The number of halogens is 2. The van der Waals surface area contributed by atoms with Crippen LogP contribution in [-0.4, -0.2) is 4.92 Å². The normalized spacial score (nSPS) is 9.95. The van der Waals surface area contributed by atoms with Gasteiger partial charge in [-0.2, -0.15) is 5.26 Å². The number of nitriles is 1. The van der Waals surface area contributed by atoms with Crippen LogP contribution in [0, 0.1) is 33.1 Å². The molecule has 0 atom stereocenters. The molecule has 0 unspecified atom stereocenters. The Kier molecular flexibility index (Phi) is 4.09. The summed E-state index contributed by atoms with van der Waals surface area (Å²) in [6, 6.07) is 9.62. The first kappa shape index (κ1) is 14.4. The number of nitro groups is 1. The number of nitro benzene ring substituents is 1.